The average molecular weight is 215 g/mol. The molecule has 3 nitrogen and oxygen atoms in total. The summed E-state index contributed by atoms with van der Waals surface area (Å²) in [5.41, 5.74) is 0. The van der Waals surface area contributed by atoms with Gasteiger partial charge < -0.3 is 5.32 Å². The largest absolute Gasteiger partial charge is 0.317 e. The van der Waals surface area contributed by atoms with E-state index in [0.717, 1.165) is 28.5 Å². The first-order valence-corrected chi connectivity index (χ1v) is 6.17. The Balaban J connectivity index is 1.89. The first-order chi connectivity index (χ1) is 6.34. The van der Waals surface area contributed by atoms with Crippen LogP contribution in [0.25, 0.3) is 0 Å². The van der Waals surface area contributed by atoms with Gasteiger partial charge in [0.2, 0.25) is 0 Å². The van der Waals surface area contributed by atoms with Crippen molar-refractivity contribution in [2.24, 2.45) is 0 Å². The van der Waals surface area contributed by atoms with E-state index in [2.05, 4.69) is 14.7 Å². The van der Waals surface area contributed by atoms with Crippen LogP contribution in [0.15, 0.2) is 4.34 Å². The number of hydrogen-bond donors (Lipinski definition) is 1. The summed E-state index contributed by atoms with van der Waals surface area (Å²) >= 11 is 3.41. The predicted octanol–water partition coefficient (Wildman–Crippen LogP) is 1.69. The van der Waals surface area contributed by atoms with Crippen molar-refractivity contribution in [2.45, 2.75) is 29.4 Å². The first kappa shape index (κ1) is 9.43. The van der Waals surface area contributed by atoms with E-state index in [0.29, 0.717) is 0 Å². The van der Waals surface area contributed by atoms with Crippen LogP contribution in [0.5, 0.6) is 0 Å². The van der Waals surface area contributed by atoms with Crippen LogP contribution in [0.3, 0.4) is 0 Å². The molecule has 1 aromatic heterocycles. The van der Waals surface area contributed by atoms with Gasteiger partial charge in [0.25, 0.3) is 0 Å². The molecule has 0 spiro atoms. The molecule has 13 heavy (non-hydrogen) atoms. The lowest BCUT2D eigenvalue weighted by molar-refractivity contribution is 0.531. The van der Waals surface area contributed by atoms with Gasteiger partial charge in [0, 0.05) is 5.25 Å². The standard InChI is InChI=1S/C8H13N3S2/c1-6-10-8(13-11-6)12-7-2-4-9-5-3-7/h7,9H,2-5H2,1H3. The Bertz CT molecular complexity index is 268. The SMILES string of the molecule is Cc1nsc(SC2CCNCC2)n1. The summed E-state index contributed by atoms with van der Waals surface area (Å²) < 4.78 is 5.31. The monoisotopic (exact) mass is 215 g/mol. The summed E-state index contributed by atoms with van der Waals surface area (Å²) in [4.78, 5) is 4.35. The number of nitrogens with one attached hydrogen (secondary N) is 1. The van der Waals surface area contributed by atoms with E-state index < -0.39 is 0 Å². The maximum absolute atomic E-state index is 4.35. The van der Waals surface area contributed by atoms with Crippen molar-refractivity contribution in [3.63, 3.8) is 0 Å². The summed E-state index contributed by atoms with van der Waals surface area (Å²) in [7, 11) is 0. The first-order valence-electron chi connectivity index (χ1n) is 4.52. The molecule has 1 saturated heterocycles. The lowest BCUT2D eigenvalue weighted by atomic mass is 10.2. The molecule has 0 aromatic carbocycles. The number of aromatic nitrogens is 2. The minimum absolute atomic E-state index is 0.744. The molecule has 72 valence electrons. The van der Waals surface area contributed by atoms with E-state index in [9.17, 15) is 0 Å². The van der Waals surface area contributed by atoms with E-state index in [1.807, 2.05) is 18.7 Å². The zero-order valence-corrected chi connectivity index (χ0v) is 9.25. The quantitative estimate of drug-likeness (QED) is 0.814. The highest BCUT2D eigenvalue weighted by molar-refractivity contribution is 8.01. The highest BCUT2D eigenvalue weighted by atomic mass is 32.2. The van der Waals surface area contributed by atoms with Gasteiger partial charge in [0.05, 0.1) is 0 Å². The summed E-state index contributed by atoms with van der Waals surface area (Å²) in [6.07, 6.45) is 2.51. The molecule has 1 fully saturated rings. The van der Waals surface area contributed by atoms with Crippen LogP contribution in [0.1, 0.15) is 18.7 Å². The minimum Gasteiger partial charge on any atom is -0.317 e. The molecule has 0 saturated carbocycles. The predicted molar refractivity (Wildman–Crippen MR) is 56.4 cm³/mol. The second kappa shape index (κ2) is 4.39. The van der Waals surface area contributed by atoms with Crippen molar-refractivity contribution in [3.8, 4) is 0 Å². The average Bonchev–Trinajstić information content (AvgIpc) is 2.53. The van der Waals surface area contributed by atoms with Gasteiger partial charge in [0.1, 0.15) is 5.82 Å². The van der Waals surface area contributed by atoms with Gasteiger partial charge >= 0.3 is 0 Å². The van der Waals surface area contributed by atoms with Gasteiger partial charge in [-0.2, -0.15) is 4.37 Å². The fourth-order valence-electron chi connectivity index (χ4n) is 1.38. The molecule has 5 heteroatoms. The minimum atomic E-state index is 0.744. The summed E-state index contributed by atoms with van der Waals surface area (Å²) in [6, 6.07) is 0. The summed E-state index contributed by atoms with van der Waals surface area (Å²) in [5, 5.41) is 4.10. The zero-order valence-electron chi connectivity index (χ0n) is 7.62. The second-order valence-corrected chi connectivity index (χ2v) is 5.47. The number of rotatable bonds is 2. The number of thioether (sulfide) groups is 1. The molecular formula is C8H13N3S2. The van der Waals surface area contributed by atoms with E-state index in [-0.39, 0.29) is 0 Å². The lowest BCUT2D eigenvalue weighted by Gasteiger charge is -2.20. The molecule has 1 aliphatic heterocycles. The van der Waals surface area contributed by atoms with Gasteiger partial charge in [-0.05, 0) is 44.4 Å². The Morgan fingerprint density at radius 1 is 1.46 bits per heavy atom. The van der Waals surface area contributed by atoms with Gasteiger partial charge in [0.15, 0.2) is 4.34 Å². The Morgan fingerprint density at radius 2 is 2.23 bits per heavy atom. The van der Waals surface area contributed by atoms with Gasteiger partial charge in [-0.15, -0.1) is 0 Å². The third-order valence-electron chi connectivity index (χ3n) is 2.06. The smallest absolute Gasteiger partial charge is 0.170 e. The van der Waals surface area contributed by atoms with Crippen molar-refractivity contribution < 1.29 is 0 Å². The summed E-state index contributed by atoms with van der Waals surface area (Å²) in [5.74, 6) is 0.904. The number of aryl methyl sites for hydroxylation is 1. The van der Waals surface area contributed by atoms with E-state index in [1.54, 1.807) is 0 Å². The Labute approximate surface area is 86.5 Å². The maximum Gasteiger partial charge on any atom is 0.170 e. The van der Waals surface area contributed by atoms with E-state index in [1.165, 1.54) is 24.4 Å². The van der Waals surface area contributed by atoms with Gasteiger partial charge in [-0.1, -0.05) is 11.8 Å². The summed E-state index contributed by atoms with van der Waals surface area (Å²) in [6.45, 7) is 4.24. The lowest BCUT2D eigenvalue weighted by Crippen LogP contribution is -2.29. The molecule has 2 rings (SSSR count). The molecule has 0 amide bonds. The molecule has 0 bridgehead atoms. The highest BCUT2D eigenvalue weighted by Crippen LogP contribution is 2.29. The molecule has 0 radical (unpaired) electrons. The van der Waals surface area contributed by atoms with Crippen molar-refractivity contribution in [3.05, 3.63) is 5.82 Å². The van der Waals surface area contributed by atoms with Crippen molar-refractivity contribution in [1.29, 1.82) is 0 Å². The number of hydrogen-bond acceptors (Lipinski definition) is 5. The third-order valence-corrected chi connectivity index (χ3v) is 4.28. The zero-order chi connectivity index (χ0) is 9.10. The Kier molecular flexibility index (Phi) is 3.18. The fraction of sp³-hybridized carbons (Fsp3) is 0.750. The van der Waals surface area contributed by atoms with Crippen LogP contribution in [0, 0.1) is 6.92 Å². The van der Waals surface area contributed by atoms with Crippen LogP contribution >= 0.6 is 23.3 Å². The maximum atomic E-state index is 4.35. The molecule has 1 N–H and O–H groups in total. The third kappa shape index (κ3) is 2.65. The van der Waals surface area contributed by atoms with Crippen LogP contribution in [0.4, 0.5) is 0 Å². The van der Waals surface area contributed by atoms with Crippen LogP contribution in [0.2, 0.25) is 0 Å². The van der Waals surface area contributed by atoms with Crippen LogP contribution in [-0.4, -0.2) is 27.7 Å². The van der Waals surface area contributed by atoms with Crippen molar-refractivity contribution >= 4 is 23.3 Å². The molecule has 2 heterocycles. The van der Waals surface area contributed by atoms with E-state index >= 15 is 0 Å². The fourth-order valence-corrected chi connectivity index (χ4v) is 3.44. The molecule has 1 aromatic rings. The van der Waals surface area contributed by atoms with E-state index in [4.69, 9.17) is 0 Å². The Hall–Kier alpha value is -0.130. The molecular weight excluding hydrogens is 202 g/mol. The molecule has 0 aliphatic carbocycles. The number of nitrogens with zero attached hydrogens (tertiary/aromatic N) is 2. The number of piperidine rings is 1. The second-order valence-electron chi connectivity index (χ2n) is 3.17. The van der Waals surface area contributed by atoms with Gasteiger partial charge in [-0.3, -0.25) is 0 Å². The van der Waals surface area contributed by atoms with Crippen molar-refractivity contribution in [2.75, 3.05) is 13.1 Å². The Morgan fingerprint density at radius 3 is 2.85 bits per heavy atom. The topological polar surface area (TPSA) is 37.8 Å². The molecule has 0 atom stereocenters. The van der Waals surface area contributed by atoms with Crippen LogP contribution < -0.4 is 5.32 Å². The normalized spacial score (nSPS) is 19.2. The van der Waals surface area contributed by atoms with Crippen LogP contribution in [-0.2, 0) is 0 Å². The molecule has 1 aliphatic rings. The highest BCUT2D eigenvalue weighted by Gasteiger charge is 2.15. The molecule has 0 unspecified atom stereocenters. The van der Waals surface area contributed by atoms with Crippen molar-refractivity contribution in [1.82, 2.24) is 14.7 Å². The van der Waals surface area contributed by atoms with Gasteiger partial charge in [-0.25, -0.2) is 4.98 Å².